The van der Waals surface area contributed by atoms with Gasteiger partial charge in [-0.1, -0.05) is 13.8 Å². The first-order valence-corrected chi connectivity index (χ1v) is 8.24. The van der Waals surface area contributed by atoms with E-state index in [-0.39, 0.29) is 23.6 Å². The summed E-state index contributed by atoms with van der Waals surface area (Å²) in [5.41, 5.74) is 1.79. The molecule has 1 aliphatic heterocycles. The minimum Gasteiger partial charge on any atom is -0.380 e. The average molecular weight is 335 g/mol. The van der Waals surface area contributed by atoms with Crippen LogP contribution < -0.4 is 10.2 Å². The number of nitrogens with one attached hydrogen (secondary N) is 1. The van der Waals surface area contributed by atoms with E-state index in [1.165, 1.54) is 6.07 Å². The van der Waals surface area contributed by atoms with E-state index in [0.717, 1.165) is 30.6 Å². The average Bonchev–Trinajstić information content (AvgIpc) is 2.55. The van der Waals surface area contributed by atoms with Gasteiger partial charge in [0, 0.05) is 55.5 Å². The number of hydrogen-bond donors (Lipinski definition) is 1. The molecule has 1 fully saturated rings. The van der Waals surface area contributed by atoms with E-state index in [9.17, 15) is 14.9 Å². The summed E-state index contributed by atoms with van der Waals surface area (Å²) in [5, 5.41) is 14.1. The molecule has 132 valence electrons. The normalized spacial score (nSPS) is 17.8. The summed E-state index contributed by atoms with van der Waals surface area (Å²) in [5.74, 6) is 0.0199. The molecule has 1 unspecified atom stereocenters. The lowest BCUT2D eigenvalue weighted by molar-refractivity contribution is -0.384. The number of rotatable bonds is 6. The predicted molar refractivity (Wildman–Crippen MR) is 92.0 cm³/mol. The van der Waals surface area contributed by atoms with Gasteiger partial charge in [0.05, 0.1) is 11.5 Å². The van der Waals surface area contributed by atoms with Gasteiger partial charge in [0.15, 0.2) is 0 Å². The van der Waals surface area contributed by atoms with Crippen molar-refractivity contribution in [2.45, 2.75) is 39.3 Å². The Bertz CT molecular complexity index is 603. The second kappa shape index (κ2) is 8.10. The van der Waals surface area contributed by atoms with E-state index in [1.54, 1.807) is 19.2 Å². The summed E-state index contributed by atoms with van der Waals surface area (Å²) in [7, 11) is 1.57. The first-order valence-electron chi connectivity index (χ1n) is 8.24. The van der Waals surface area contributed by atoms with Crippen LogP contribution in [0.1, 0.15) is 32.3 Å². The Balaban J connectivity index is 2.17. The molecule has 1 amide bonds. The van der Waals surface area contributed by atoms with Crippen molar-refractivity contribution in [3.05, 3.63) is 33.9 Å². The van der Waals surface area contributed by atoms with E-state index in [4.69, 9.17) is 4.74 Å². The number of ether oxygens (including phenoxy) is 1. The van der Waals surface area contributed by atoms with Crippen LogP contribution >= 0.6 is 0 Å². The lowest BCUT2D eigenvalue weighted by Crippen LogP contribution is -2.49. The highest BCUT2D eigenvalue weighted by molar-refractivity contribution is 5.78. The molecule has 0 spiro atoms. The molecule has 0 bridgehead atoms. The summed E-state index contributed by atoms with van der Waals surface area (Å²) in [4.78, 5) is 24.7. The van der Waals surface area contributed by atoms with Crippen LogP contribution in [0.5, 0.6) is 0 Å². The number of amides is 1. The maximum atomic E-state index is 11.9. The van der Waals surface area contributed by atoms with E-state index in [0.29, 0.717) is 13.2 Å². The van der Waals surface area contributed by atoms with Gasteiger partial charge < -0.3 is 15.0 Å². The molecule has 0 radical (unpaired) electrons. The zero-order chi connectivity index (χ0) is 17.7. The zero-order valence-corrected chi connectivity index (χ0v) is 14.4. The fourth-order valence-corrected chi connectivity index (χ4v) is 2.95. The van der Waals surface area contributed by atoms with Gasteiger partial charge in [-0.05, 0) is 18.9 Å². The van der Waals surface area contributed by atoms with Crippen molar-refractivity contribution >= 4 is 17.3 Å². The number of carbonyl (C=O) groups is 1. The minimum absolute atomic E-state index is 0.0381. The number of benzene rings is 1. The van der Waals surface area contributed by atoms with Gasteiger partial charge >= 0.3 is 0 Å². The second-order valence-corrected chi connectivity index (χ2v) is 6.45. The van der Waals surface area contributed by atoms with E-state index < -0.39 is 4.92 Å². The molecule has 7 nitrogen and oxygen atoms in total. The van der Waals surface area contributed by atoms with Crippen molar-refractivity contribution in [2.24, 2.45) is 5.92 Å². The van der Waals surface area contributed by atoms with Crippen molar-refractivity contribution in [2.75, 3.05) is 25.1 Å². The first-order chi connectivity index (χ1) is 11.4. The van der Waals surface area contributed by atoms with Gasteiger partial charge in [-0.3, -0.25) is 14.9 Å². The number of carbonyl (C=O) groups excluding carboxylic acids is 1. The minimum atomic E-state index is -0.398. The van der Waals surface area contributed by atoms with Crippen LogP contribution in [-0.4, -0.2) is 37.1 Å². The molecule has 1 heterocycles. The largest absolute Gasteiger partial charge is 0.380 e. The molecule has 1 aromatic carbocycles. The van der Waals surface area contributed by atoms with Gasteiger partial charge in [0.1, 0.15) is 0 Å². The molecule has 7 heteroatoms. The highest BCUT2D eigenvalue weighted by atomic mass is 16.6. The van der Waals surface area contributed by atoms with Crippen molar-refractivity contribution in [3.8, 4) is 0 Å². The van der Waals surface area contributed by atoms with Crippen molar-refractivity contribution in [3.63, 3.8) is 0 Å². The Morgan fingerprint density at radius 2 is 2.25 bits per heavy atom. The third-order valence-corrected chi connectivity index (χ3v) is 4.21. The number of nitro benzene ring substituents is 1. The lowest BCUT2D eigenvalue weighted by Gasteiger charge is -2.36. The summed E-state index contributed by atoms with van der Waals surface area (Å²) in [6, 6.07) is 4.96. The van der Waals surface area contributed by atoms with Crippen LogP contribution in [0.4, 0.5) is 11.4 Å². The summed E-state index contributed by atoms with van der Waals surface area (Å²) in [6.45, 7) is 5.64. The molecule has 1 atom stereocenters. The Morgan fingerprint density at radius 1 is 1.50 bits per heavy atom. The molecular weight excluding hydrogens is 310 g/mol. The summed E-state index contributed by atoms with van der Waals surface area (Å²) >= 11 is 0. The van der Waals surface area contributed by atoms with Crippen LogP contribution in [0.2, 0.25) is 0 Å². The molecule has 2 rings (SSSR count). The van der Waals surface area contributed by atoms with Crippen molar-refractivity contribution < 1.29 is 14.5 Å². The third-order valence-electron chi connectivity index (χ3n) is 4.21. The number of nitrogens with zero attached hydrogens (tertiary/aromatic N) is 2. The Kier molecular flexibility index (Phi) is 6.14. The molecule has 24 heavy (non-hydrogen) atoms. The molecule has 0 aromatic heterocycles. The molecule has 1 aliphatic rings. The van der Waals surface area contributed by atoms with Crippen LogP contribution in [0.3, 0.4) is 0 Å². The Hall–Kier alpha value is -2.15. The number of hydrogen-bond acceptors (Lipinski definition) is 5. The van der Waals surface area contributed by atoms with Gasteiger partial charge in [0.2, 0.25) is 5.91 Å². The topological polar surface area (TPSA) is 84.7 Å². The monoisotopic (exact) mass is 335 g/mol. The molecule has 0 saturated carbocycles. The van der Waals surface area contributed by atoms with Gasteiger partial charge in [-0.25, -0.2) is 0 Å². The van der Waals surface area contributed by atoms with Gasteiger partial charge in [-0.2, -0.15) is 0 Å². The SMILES string of the molecule is COCc1cc([N+](=O)[O-])ccc1N1CCCC(NC(=O)C(C)C)C1. The van der Waals surface area contributed by atoms with Crippen LogP contribution in [0.25, 0.3) is 0 Å². The number of nitro groups is 1. The maximum Gasteiger partial charge on any atom is 0.269 e. The number of methoxy groups -OCH3 is 1. The highest BCUT2D eigenvalue weighted by Crippen LogP contribution is 2.28. The number of piperidine rings is 1. The Labute approximate surface area is 142 Å². The number of anilines is 1. The summed E-state index contributed by atoms with van der Waals surface area (Å²) in [6.07, 6.45) is 1.91. The molecule has 1 saturated heterocycles. The van der Waals surface area contributed by atoms with Crippen molar-refractivity contribution in [1.29, 1.82) is 0 Å². The predicted octanol–water partition coefficient (Wildman–Crippen LogP) is 2.48. The Morgan fingerprint density at radius 3 is 2.88 bits per heavy atom. The van der Waals surface area contributed by atoms with E-state index in [1.807, 2.05) is 13.8 Å². The van der Waals surface area contributed by atoms with Crippen LogP contribution in [0, 0.1) is 16.0 Å². The first kappa shape index (κ1) is 18.2. The maximum absolute atomic E-state index is 11.9. The molecular formula is C17H25N3O4. The third kappa shape index (κ3) is 4.44. The molecule has 0 aliphatic carbocycles. The van der Waals surface area contributed by atoms with Crippen LogP contribution in [-0.2, 0) is 16.1 Å². The molecule has 1 N–H and O–H groups in total. The molecule has 1 aromatic rings. The standard InChI is InChI=1S/C17H25N3O4/c1-12(2)17(21)18-14-5-4-8-19(10-14)16-7-6-15(20(22)23)9-13(16)11-24-3/h6-7,9,12,14H,4-5,8,10-11H2,1-3H3,(H,18,21). The summed E-state index contributed by atoms with van der Waals surface area (Å²) < 4.78 is 5.20. The van der Waals surface area contributed by atoms with Gasteiger partial charge in [0.25, 0.3) is 5.69 Å². The van der Waals surface area contributed by atoms with Gasteiger partial charge in [-0.15, -0.1) is 0 Å². The van der Waals surface area contributed by atoms with Crippen LogP contribution in [0.15, 0.2) is 18.2 Å². The highest BCUT2D eigenvalue weighted by Gasteiger charge is 2.24. The lowest BCUT2D eigenvalue weighted by atomic mass is 10.0. The fourth-order valence-electron chi connectivity index (χ4n) is 2.95. The smallest absolute Gasteiger partial charge is 0.269 e. The second-order valence-electron chi connectivity index (χ2n) is 6.45. The quantitative estimate of drug-likeness (QED) is 0.638. The zero-order valence-electron chi connectivity index (χ0n) is 14.4. The van der Waals surface area contributed by atoms with Crippen molar-refractivity contribution in [1.82, 2.24) is 5.32 Å². The number of non-ortho nitro benzene ring substituents is 1. The van der Waals surface area contributed by atoms with E-state index >= 15 is 0 Å². The fraction of sp³-hybridized carbons (Fsp3) is 0.588. The van der Waals surface area contributed by atoms with E-state index in [2.05, 4.69) is 10.2 Å².